The van der Waals surface area contributed by atoms with Gasteiger partial charge in [0.1, 0.15) is 11.7 Å². The van der Waals surface area contributed by atoms with Crippen molar-refractivity contribution < 1.29 is 17.6 Å². The highest BCUT2D eigenvalue weighted by Crippen LogP contribution is 2.37. The van der Waals surface area contributed by atoms with Gasteiger partial charge in [0.25, 0.3) is 0 Å². The molecule has 1 heterocycles. The minimum Gasteiger partial charge on any atom is -0.344 e. The van der Waals surface area contributed by atoms with Gasteiger partial charge in [-0.1, -0.05) is 6.92 Å². The molecule has 4 rings (SSSR count). The molecule has 1 aliphatic carbocycles. The summed E-state index contributed by atoms with van der Waals surface area (Å²) in [7, 11) is 0.443. The summed E-state index contributed by atoms with van der Waals surface area (Å²) in [4.78, 5) is 18.9. The molecule has 0 spiro atoms. The highest BCUT2D eigenvalue weighted by atomic mass is 32.2. The summed E-state index contributed by atoms with van der Waals surface area (Å²) < 4.78 is 39.6. The Morgan fingerprint density at radius 2 is 2.03 bits per heavy atom. The van der Waals surface area contributed by atoms with Crippen molar-refractivity contribution in [3.8, 4) is 0 Å². The number of anilines is 3. The number of carbonyl (C=O) groups excluding carboxylic acids is 1. The molecular weight excluding hydrogens is 419 g/mol. The Bertz CT molecular complexity index is 1290. The molecule has 0 radical (unpaired) electrons. The number of nitrogens with zero attached hydrogens (tertiary/aromatic N) is 3. The lowest BCUT2D eigenvalue weighted by Gasteiger charge is -2.23. The SMILES string of the molecule is CCS(=O)(=O)c1ccc(N(C)c2cc(NC(=O)[C@H]3C[C@H]3F)c3ncn(C)c3c2)c(C)c1. The third-order valence-corrected chi connectivity index (χ3v) is 7.51. The molecule has 0 unspecified atom stereocenters. The van der Waals surface area contributed by atoms with Gasteiger partial charge in [0.2, 0.25) is 5.91 Å². The van der Waals surface area contributed by atoms with Gasteiger partial charge >= 0.3 is 0 Å². The van der Waals surface area contributed by atoms with Gasteiger partial charge in [0.05, 0.1) is 34.1 Å². The van der Waals surface area contributed by atoms with Crippen LogP contribution in [0.5, 0.6) is 0 Å². The first kappa shape index (κ1) is 21.3. The predicted octanol–water partition coefficient (Wildman–Crippen LogP) is 3.74. The van der Waals surface area contributed by atoms with E-state index in [9.17, 15) is 17.6 Å². The Hall–Kier alpha value is -2.94. The summed E-state index contributed by atoms with van der Waals surface area (Å²) in [6, 6.07) is 8.81. The van der Waals surface area contributed by atoms with Gasteiger partial charge in [-0.25, -0.2) is 17.8 Å². The number of imidazole rings is 1. The van der Waals surface area contributed by atoms with Crippen LogP contribution in [0.3, 0.4) is 0 Å². The number of halogens is 1. The summed E-state index contributed by atoms with van der Waals surface area (Å²) in [5.74, 6) is -0.900. The van der Waals surface area contributed by atoms with E-state index in [0.29, 0.717) is 16.1 Å². The largest absolute Gasteiger partial charge is 0.344 e. The molecule has 0 saturated heterocycles. The molecule has 1 fully saturated rings. The molecule has 7 nitrogen and oxygen atoms in total. The number of aromatic nitrogens is 2. The fraction of sp³-hybridized carbons (Fsp3) is 0.364. The minimum absolute atomic E-state index is 0.0442. The average Bonchev–Trinajstić information content (AvgIpc) is 3.36. The zero-order valence-corrected chi connectivity index (χ0v) is 18.7. The predicted molar refractivity (Wildman–Crippen MR) is 119 cm³/mol. The maximum Gasteiger partial charge on any atom is 0.230 e. The first-order chi connectivity index (χ1) is 14.6. The topological polar surface area (TPSA) is 84.3 Å². The molecule has 3 aromatic rings. The van der Waals surface area contributed by atoms with Crippen molar-refractivity contribution in [2.24, 2.45) is 13.0 Å². The van der Waals surface area contributed by atoms with Gasteiger partial charge in [-0.15, -0.1) is 0 Å². The second-order valence-corrected chi connectivity index (χ2v) is 10.3. The van der Waals surface area contributed by atoms with Gasteiger partial charge < -0.3 is 14.8 Å². The molecule has 0 aliphatic heterocycles. The maximum atomic E-state index is 13.3. The van der Waals surface area contributed by atoms with Crippen molar-refractivity contribution >= 4 is 43.8 Å². The molecule has 2 aromatic carbocycles. The van der Waals surface area contributed by atoms with Crippen LogP contribution in [0.2, 0.25) is 0 Å². The minimum atomic E-state index is -3.29. The van der Waals surface area contributed by atoms with Crippen molar-refractivity contribution in [1.29, 1.82) is 0 Å². The van der Waals surface area contributed by atoms with E-state index in [-0.39, 0.29) is 18.1 Å². The van der Waals surface area contributed by atoms with Gasteiger partial charge in [0, 0.05) is 25.5 Å². The number of sulfone groups is 1. The Morgan fingerprint density at radius 3 is 2.65 bits per heavy atom. The average molecular weight is 445 g/mol. The Kier molecular flexibility index (Phi) is 5.25. The van der Waals surface area contributed by atoms with Crippen LogP contribution in [0, 0.1) is 12.8 Å². The summed E-state index contributed by atoms with van der Waals surface area (Å²) in [5.41, 5.74) is 4.39. The number of amides is 1. The number of rotatable bonds is 6. The van der Waals surface area contributed by atoms with E-state index in [4.69, 9.17) is 0 Å². The first-order valence-corrected chi connectivity index (χ1v) is 11.7. The van der Waals surface area contributed by atoms with E-state index in [1.165, 1.54) is 0 Å². The van der Waals surface area contributed by atoms with Crippen LogP contribution < -0.4 is 10.2 Å². The number of alkyl halides is 1. The standard InChI is InChI=1S/C22H25FN4O3S/c1-5-31(29,30)15-6-7-19(13(2)8-15)27(4)14-9-18(25-22(28)16-11-17(16)23)21-20(10-14)26(3)12-24-21/h6-10,12,16-17H,5,11H2,1-4H3,(H,25,28)/t16-,17+/m0/s1. The number of carbonyl (C=O) groups is 1. The molecule has 164 valence electrons. The number of aryl methyl sites for hydroxylation is 2. The number of hydrogen-bond acceptors (Lipinski definition) is 5. The number of nitrogens with one attached hydrogen (secondary N) is 1. The molecule has 31 heavy (non-hydrogen) atoms. The lowest BCUT2D eigenvalue weighted by atomic mass is 10.1. The van der Waals surface area contributed by atoms with Crippen LogP contribution in [0.25, 0.3) is 11.0 Å². The van der Waals surface area contributed by atoms with E-state index in [0.717, 1.165) is 22.5 Å². The second kappa shape index (κ2) is 7.64. The zero-order valence-electron chi connectivity index (χ0n) is 17.9. The quantitative estimate of drug-likeness (QED) is 0.626. The van der Waals surface area contributed by atoms with E-state index < -0.39 is 21.9 Å². The van der Waals surface area contributed by atoms with E-state index in [1.54, 1.807) is 37.5 Å². The van der Waals surface area contributed by atoms with Crippen LogP contribution in [0.4, 0.5) is 21.5 Å². The first-order valence-electron chi connectivity index (χ1n) is 10.1. The molecule has 2 atom stereocenters. The lowest BCUT2D eigenvalue weighted by molar-refractivity contribution is -0.117. The Balaban J connectivity index is 1.73. The maximum absolute atomic E-state index is 13.3. The van der Waals surface area contributed by atoms with Crippen molar-refractivity contribution in [3.63, 3.8) is 0 Å². The summed E-state index contributed by atoms with van der Waals surface area (Å²) in [6.07, 6.45) is 0.836. The van der Waals surface area contributed by atoms with Crippen molar-refractivity contribution in [2.45, 2.75) is 31.3 Å². The summed E-state index contributed by atoms with van der Waals surface area (Å²) >= 11 is 0. The second-order valence-electron chi connectivity index (χ2n) is 7.97. The molecule has 1 amide bonds. The molecule has 0 bridgehead atoms. The van der Waals surface area contributed by atoms with Crippen molar-refractivity contribution in [2.75, 3.05) is 23.0 Å². The van der Waals surface area contributed by atoms with Gasteiger partial charge in [-0.05, 0) is 49.2 Å². The highest BCUT2D eigenvalue weighted by molar-refractivity contribution is 7.91. The molecule has 1 aliphatic rings. The molecule has 1 N–H and O–H groups in total. The fourth-order valence-electron chi connectivity index (χ4n) is 3.67. The van der Waals surface area contributed by atoms with E-state index >= 15 is 0 Å². The van der Waals surface area contributed by atoms with Gasteiger partial charge in [0.15, 0.2) is 9.84 Å². The molecule has 1 aromatic heterocycles. The normalized spacial score (nSPS) is 18.2. The highest BCUT2D eigenvalue weighted by Gasteiger charge is 2.43. The molecule has 1 saturated carbocycles. The van der Waals surface area contributed by atoms with Gasteiger partial charge in [-0.2, -0.15) is 0 Å². The van der Waals surface area contributed by atoms with Crippen LogP contribution in [0.15, 0.2) is 41.6 Å². The van der Waals surface area contributed by atoms with E-state index in [2.05, 4.69) is 10.3 Å². The zero-order chi connectivity index (χ0) is 22.5. The van der Waals surface area contributed by atoms with Crippen LogP contribution >= 0.6 is 0 Å². The van der Waals surface area contributed by atoms with Crippen LogP contribution in [-0.4, -0.2) is 42.8 Å². The fourth-order valence-corrected chi connectivity index (χ4v) is 4.63. The summed E-state index contributed by atoms with van der Waals surface area (Å²) in [5, 5.41) is 2.83. The third kappa shape index (κ3) is 3.89. The number of hydrogen-bond donors (Lipinski definition) is 1. The number of fused-ring (bicyclic) bond motifs is 1. The van der Waals surface area contributed by atoms with Crippen LogP contribution in [-0.2, 0) is 21.7 Å². The van der Waals surface area contributed by atoms with E-state index in [1.807, 2.05) is 36.6 Å². The Labute approximate surface area is 180 Å². The smallest absolute Gasteiger partial charge is 0.230 e. The van der Waals surface area contributed by atoms with Crippen LogP contribution in [0.1, 0.15) is 18.9 Å². The van der Waals surface area contributed by atoms with Crippen molar-refractivity contribution in [1.82, 2.24) is 9.55 Å². The molecule has 9 heteroatoms. The molecular formula is C22H25FN4O3S. The number of benzene rings is 2. The summed E-state index contributed by atoms with van der Waals surface area (Å²) in [6.45, 7) is 3.48. The lowest BCUT2D eigenvalue weighted by Crippen LogP contribution is -2.17. The monoisotopic (exact) mass is 444 g/mol. The van der Waals surface area contributed by atoms with Crippen molar-refractivity contribution in [3.05, 3.63) is 42.2 Å². The van der Waals surface area contributed by atoms with Gasteiger partial charge in [-0.3, -0.25) is 4.79 Å². The Morgan fingerprint density at radius 1 is 1.32 bits per heavy atom. The third-order valence-electron chi connectivity index (χ3n) is 5.78.